The highest BCUT2D eigenvalue weighted by atomic mass is 16.2. The van der Waals surface area contributed by atoms with Crippen LogP contribution in [0.4, 0.5) is 5.95 Å². The second-order valence-corrected chi connectivity index (χ2v) is 8.63. The van der Waals surface area contributed by atoms with E-state index in [4.69, 9.17) is 0 Å². The molecule has 5 heterocycles. The highest BCUT2D eigenvalue weighted by molar-refractivity contribution is 5.92. The van der Waals surface area contributed by atoms with E-state index in [1.54, 1.807) is 24.7 Å². The Labute approximate surface area is 175 Å². The molecule has 2 spiro atoms. The number of carbonyl (C=O) groups is 2. The molecular formula is C21H25N7O2. The predicted octanol–water partition coefficient (Wildman–Crippen LogP) is 0.858. The van der Waals surface area contributed by atoms with Gasteiger partial charge in [0.05, 0.1) is 11.6 Å². The molecule has 156 valence electrons. The van der Waals surface area contributed by atoms with Gasteiger partial charge in [0.15, 0.2) is 0 Å². The first-order valence-corrected chi connectivity index (χ1v) is 10.4. The third-order valence-corrected chi connectivity index (χ3v) is 7.22. The fourth-order valence-electron chi connectivity index (χ4n) is 5.58. The summed E-state index contributed by atoms with van der Waals surface area (Å²) in [6.45, 7) is 3.36. The summed E-state index contributed by atoms with van der Waals surface area (Å²) in [5, 5.41) is 0. The molecule has 0 saturated carbocycles. The molecule has 9 nitrogen and oxygen atoms in total. The van der Waals surface area contributed by atoms with E-state index in [2.05, 4.69) is 24.8 Å². The molecule has 5 rings (SSSR count). The van der Waals surface area contributed by atoms with Crippen molar-refractivity contribution >= 4 is 17.8 Å². The summed E-state index contributed by atoms with van der Waals surface area (Å²) in [4.78, 5) is 49.1. The standard InChI is InChI=1S/C21H25N7O2/c1-26-10-5-21(18(26)30)15-28(19-24-6-2-7-25-19)14-20(21)3-11-27(12-4-20)17(29)16-13-22-8-9-23-16/h2,6-9,13H,3-5,10-12,14-15H2,1H3. The third kappa shape index (κ3) is 2.75. The van der Waals surface area contributed by atoms with Gasteiger partial charge < -0.3 is 14.7 Å². The summed E-state index contributed by atoms with van der Waals surface area (Å²) < 4.78 is 0. The summed E-state index contributed by atoms with van der Waals surface area (Å²) in [7, 11) is 1.89. The van der Waals surface area contributed by atoms with Crippen LogP contribution in [0, 0.1) is 10.8 Å². The maximum absolute atomic E-state index is 13.4. The molecule has 0 aliphatic carbocycles. The van der Waals surface area contributed by atoms with Crippen molar-refractivity contribution in [2.45, 2.75) is 19.3 Å². The van der Waals surface area contributed by atoms with Gasteiger partial charge in [0, 0.05) is 70.0 Å². The molecule has 0 bridgehead atoms. The molecule has 3 aliphatic heterocycles. The maximum Gasteiger partial charge on any atom is 0.274 e. The number of rotatable bonds is 2. The summed E-state index contributed by atoms with van der Waals surface area (Å²) >= 11 is 0. The topological polar surface area (TPSA) is 95.4 Å². The molecule has 3 fully saturated rings. The Morgan fingerprint density at radius 3 is 2.37 bits per heavy atom. The molecule has 2 amide bonds. The van der Waals surface area contributed by atoms with E-state index in [-0.39, 0.29) is 17.2 Å². The number of anilines is 1. The molecule has 2 aromatic rings. The Morgan fingerprint density at radius 2 is 1.73 bits per heavy atom. The summed E-state index contributed by atoms with van der Waals surface area (Å²) in [6, 6.07) is 1.80. The van der Waals surface area contributed by atoms with Crippen LogP contribution in [0.1, 0.15) is 29.8 Å². The van der Waals surface area contributed by atoms with E-state index in [0.29, 0.717) is 31.3 Å². The fourth-order valence-corrected chi connectivity index (χ4v) is 5.58. The summed E-state index contributed by atoms with van der Waals surface area (Å²) in [6.07, 6.45) is 10.5. The minimum absolute atomic E-state index is 0.0943. The summed E-state index contributed by atoms with van der Waals surface area (Å²) in [5.74, 6) is 0.798. The van der Waals surface area contributed by atoms with Crippen molar-refractivity contribution in [1.29, 1.82) is 0 Å². The average Bonchev–Trinajstić information content (AvgIpc) is 3.28. The number of carbonyl (C=O) groups excluding carboxylic acids is 2. The van der Waals surface area contributed by atoms with Gasteiger partial charge in [0.25, 0.3) is 5.91 Å². The monoisotopic (exact) mass is 407 g/mol. The highest BCUT2D eigenvalue weighted by Crippen LogP contribution is 2.58. The number of fused-ring (bicyclic) bond motifs is 1. The second-order valence-electron chi connectivity index (χ2n) is 8.63. The van der Waals surface area contributed by atoms with Crippen LogP contribution < -0.4 is 4.90 Å². The molecule has 3 aliphatic rings. The normalized spacial score (nSPS) is 25.5. The zero-order chi connectivity index (χ0) is 20.8. The molecular weight excluding hydrogens is 382 g/mol. The number of piperidine rings is 1. The van der Waals surface area contributed by atoms with Gasteiger partial charge in [-0.3, -0.25) is 14.6 Å². The first-order chi connectivity index (χ1) is 14.5. The molecule has 2 aromatic heterocycles. The van der Waals surface area contributed by atoms with Crippen LogP contribution in [-0.2, 0) is 4.79 Å². The predicted molar refractivity (Wildman–Crippen MR) is 109 cm³/mol. The van der Waals surface area contributed by atoms with E-state index in [1.807, 2.05) is 16.8 Å². The molecule has 0 radical (unpaired) electrons. The van der Waals surface area contributed by atoms with Gasteiger partial charge in [-0.1, -0.05) is 0 Å². The number of aromatic nitrogens is 4. The lowest BCUT2D eigenvalue weighted by atomic mass is 9.60. The number of amides is 2. The third-order valence-electron chi connectivity index (χ3n) is 7.22. The highest BCUT2D eigenvalue weighted by Gasteiger charge is 2.65. The number of hydrogen-bond acceptors (Lipinski definition) is 7. The summed E-state index contributed by atoms with van der Waals surface area (Å²) in [5.41, 5.74) is -0.263. The lowest BCUT2D eigenvalue weighted by molar-refractivity contribution is -0.140. The maximum atomic E-state index is 13.4. The quantitative estimate of drug-likeness (QED) is 0.728. The first kappa shape index (κ1) is 18.9. The van der Waals surface area contributed by atoms with Crippen LogP contribution in [0.5, 0.6) is 0 Å². The van der Waals surface area contributed by atoms with Crippen LogP contribution in [0.25, 0.3) is 0 Å². The molecule has 0 aromatic carbocycles. The Morgan fingerprint density at radius 1 is 0.967 bits per heavy atom. The fraction of sp³-hybridized carbons (Fsp3) is 0.524. The van der Waals surface area contributed by atoms with Gasteiger partial charge in [-0.05, 0) is 25.3 Å². The lowest BCUT2D eigenvalue weighted by Crippen LogP contribution is -2.53. The van der Waals surface area contributed by atoms with Gasteiger partial charge in [-0.15, -0.1) is 0 Å². The first-order valence-electron chi connectivity index (χ1n) is 10.4. The van der Waals surface area contributed by atoms with Gasteiger partial charge >= 0.3 is 0 Å². The van der Waals surface area contributed by atoms with E-state index < -0.39 is 5.41 Å². The minimum atomic E-state index is -0.442. The zero-order valence-electron chi connectivity index (χ0n) is 17.1. The van der Waals surface area contributed by atoms with Gasteiger partial charge in [0.2, 0.25) is 11.9 Å². The molecule has 1 atom stereocenters. The Kier molecular flexibility index (Phi) is 4.41. The van der Waals surface area contributed by atoms with Crippen molar-refractivity contribution in [3.8, 4) is 0 Å². The second kappa shape index (κ2) is 7.00. The van der Waals surface area contributed by atoms with Crippen molar-refractivity contribution in [3.63, 3.8) is 0 Å². The molecule has 1 unspecified atom stereocenters. The number of nitrogens with zero attached hydrogens (tertiary/aromatic N) is 7. The van der Waals surface area contributed by atoms with Crippen LogP contribution in [0.2, 0.25) is 0 Å². The number of hydrogen-bond donors (Lipinski definition) is 0. The molecule has 3 saturated heterocycles. The van der Waals surface area contributed by atoms with E-state index in [0.717, 1.165) is 32.4 Å². The SMILES string of the molecule is CN1CCC2(CN(c3ncccn3)CC23CCN(C(=O)c2cnccn2)CC3)C1=O. The van der Waals surface area contributed by atoms with E-state index >= 15 is 0 Å². The van der Waals surface area contributed by atoms with Crippen LogP contribution >= 0.6 is 0 Å². The smallest absolute Gasteiger partial charge is 0.274 e. The Balaban J connectivity index is 1.42. The van der Waals surface area contributed by atoms with Crippen LogP contribution in [0.3, 0.4) is 0 Å². The van der Waals surface area contributed by atoms with Gasteiger partial charge in [-0.2, -0.15) is 0 Å². The van der Waals surface area contributed by atoms with Crippen molar-refractivity contribution in [2.24, 2.45) is 10.8 Å². The average molecular weight is 407 g/mol. The van der Waals surface area contributed by atoms with E-state index in [1.165, 1.54) is 12.4 Å². The minimum Gasteiger partial charge on any atom is -0.345 e. The Bertz CT molecular complexity index is 946. The van der Waals surface area contributed by atoms with Crippen molar-refractivity contribution < 1.29 is 9.59 Å². The Hall–Kier alpha value is -3.10. The van der Waals surface area contributed by atoms with Gasteiger partial charge in [-0.25, -0.2) is 15.0 Å². The van der Waals surface area contributed by atoms with Crippen molar-refractivity contribution in [2.75, 3.05) is 44.7 Å². The van der Waals surface area contributed by atoms with Crippen LogP contribution in [-0.4, -0.2) is 81.3 Å². The molecule has 9 heteroatoms. The molecule has 30 heavy (non-hydrogen) atoms. The zero-order valence-corrected chi connectivity index (χ0v) is 17.1. The van der Waals surface area contributed by atoms with Crippen molar-refractivity contribution in [1.82, 2.24) is 29.7 Å². The number of likely N-dealkylation sites (tertiary alicyclic amines) is 2. The van der Waals surface area contributed by atoms with Gasteiger partial charge in [0.1, 0.15) is 5.69 Å². The largest absolute Gasteiger partial charge is 0.345 e. The van der Waals surface area contributed by atoms with Crippen molar-refractivity contribution in [3.05, 3.63) is 42.7 Å². The van der Waals surface area contributed by atoms with Crippen LogP contribution in [0.15, 0.2) is 37.1 Å². The lowest BCUT2D eigenvalue weighted by Gasteiger charge is -2.46. The van der Waals surface area contributed by atoms with E-state index in [9.17, 15) is 9.59 Å². The molecule has 0 N–H and O–H groups in total.